The van der Waals surface area contributed by atoms with Gasteiger partial charge in [0, 0.05) is 7.05 Å². The Hall–Kier alpha value is -0.230. The molecule has 4 nitrogen and oxygen atoms in total. The molecular weight excluding hydrogens is 259 g/mol. The molecule has 0 aromatic carbocycles. The smallest absolute Gasteiger partial charge is 0.301 e. The topological polar surface area (TPSA) is 49.4 Å². The first-order chi connectivity index (χ1) is 7.98. The number of carbonyl (C=O) groups is 2. The molecule has 1 aliphatic heterocycles. The molecule has 0 radical (unpaired) electrons. The van der Waals surface area contributed by atoms with E-state index in [9.17, 15) is 9.59 Å². The van der Waals surface area contributed by atoms with E-state index in [1.54, 1.807) is 14.0 Å². The van der Waals surface area contributed by atoms with E-state index in [1.807, 2.05) is 6.08 Å². The third-order valence-electron chi connectivity index (χ3n) is 3.64. The Balaban J connectivity index is 0.00000162. The molecule has 0 bridgehead atoms. The number of nitrogens with zero attached hydrogens (tertiary/aromatic N) is 1. The van der Waals surface area contributed by atoms with Crippen molar-refractivity contribution in [3.8, 4) is 0 Å². The first kappa shape index (κ1) is 15.8. The number of nitrogens with one attached hydrogen (secondary N) is 1. The van der Waals surface area contributed by atoms with Crippen LogP contribution in [0, 0.1) is 5.41 Å². The summed E-state index contributed by atoms with van der Waals surface area (Å²) in [5.74, 6) is -0.516. The van der Waals surface area contributed by atoms with Crippen LogP contribution in [0.4, 0.5) is 0 Å². The molecule has 1 N–H and O–H groups in total. The van der Waals surface area contributed by atoms with Gasteiger partial charge in [0.15, 0.2) is 5.11 Å². The van der Waals surface area contributed by atoms with E-state index in [2.05, 4.69) is 5.32 Å². The third kappa shape index (κ3) is 2.41. The zero-order valence-electron chi connectivity index (χ0n) is 11.1. The van der Waals surface area contributed by atoms with Crippen LogP contribution in [0.25, 0.3) is 0 Å². The Morgan fingerprint density at radius 1 is 1.39 bits per heavy atom. The Morgan fingerprint density at radius 3 is 2.61 bits per heavy atom. The van der Waals surface area contributed by atoms with Crippen molar-refractivity contribution in [1.82, 2.24) is 10.2 Å². The van der Waals surface area contributed by atoms with Crippen LogP contribution in [0.2, 0.25) is 0 Å². The minimum absolute atomic E-state index is 0. The molecule has 0 spiro atoms. The van der Waals surface area contributed by atoms with Gasteiger partial charge in [0.1, 0.15) is 5.41 Å². The first-order valence-electron chi connectivity index (χ1n) is 5.81. The first-order valence-corrected chi connectivity index (χ1v) is 6.22. The Labute approximate surface area is 134 Å². The molecule has 2 rings (SSSR count). The third-order valence-corrected chi connectivity index (χ3v) is 4.02. The molecular formula is C12H16N2NaO2S+. The molecule has 1 atom stereocenters. The van der Waals surface area contributed by atoms with Crippen molar-refractivity contribution in [3.63, 3.8) is 0 Å². The predicted molar refractivity (Wildman–Crippen MR) is 68.2 cm³/mol. The van der Waals surface area contributed by atoms with E-state index in [1.165, 1.54) is 4.90 Å². The maximum Gasteiger partial charge on any atom is 1.00 e. The predicted octanol–water partition coefficient (Wildman–Crippen LogP) is -1.63. The maximum atomic E-state index is 12.3. The number of hydrogen-bond donors (Lipinski definition) is 1. The molecule has 1 heterocycles. The van der Waals surface area contributed by atoms with E-state index in [-0.39, 0.29) is 46.5 Å². The Kier molecular flexibility index (Phi) is 5.12. The van der Waals surface area contributed by atoms with Gasteiger partial charge in [0.25, 0.3) is 0 Å². The van der Waals surface area contributed by atoms with Crippen molar-refractivity contribution >= 4 is 29.1 Å². The molecule has 1 saturated heterocycles. The molecule has 92 valence electrons. The van der Waals surface area contributed by atoms with Gasteiger partial charge in [-0.05, 0) is 50.4 Å². The van der Waals surface area contributed by atoms with Crippen LogP contribution < -0.4 is 34.9 Å². The van der Waals surface area contributed by atoms with Gasteiger partial charge in [-0.2, -0.15) is 0 Å². The number of hydrogen-bond acceptors (Lipinski definition) is 3. The van der Waals surface area contributed by atoms with Crippen LogP contribution in [0.3, 0.4) is 0 Å². The fourth-order valence-electron chi connectivity index (χ4n) is 2.41. The van der Waals surface area contributed by atoms with Crippen LogP contribution in [0.5, 0.6) is 0 Å². The van der Waals surface area contributed by atoms with E-state index in [0.717, 1.165) is 31.3 Å². The van der Waals surface area contributed by atoms with E-state index in [0.29, 0.717) is 0 Å². The van der Waals surface area contributed by atoms with Gasteiger partial charge in [0.2, 0.25) is 11.8 Å². The van der Waals surface area contributed by atoms with Gasteiger partial charge < -0.3 is 5.32 Å². The second-order valence-corrected chi connectivity index (χ2v) is 5.11. The van der Waals surface area contributed by atoms with E-state index in [4.69, 9.17) is 12.2 Å². The zero-order valence-corrected chi connectivity index (χ0v) is 13.9. The summed E-state index contributed by atoms with van der Waals surface area (Å²) in [6.45, 7) is 1.69. The standard InChI is InChI=1S/C12H16N2O2S.Na/c1-12(8-6-4-3-5-7-8)9(15)13-11(17)14(2)10(12)16;/h6H,3-5,7H2,1-2H3,(H,13,15,17);/q;+1. The quantitative estimate of drug-likeness (QED) is 0.271. The van der Waals surface area contributed by atoms with Crippen molar-refractivity contribution in [1.29, 1.82) is 0 Å². The molecule has 6 heteroatoms. The second kappa shape index (κ2) is 5.82. The average Bonchev–Trinajstić information content (AvgIpc) is 2.35. The SMILES string of the molecule is CN1C(=O)C(C)(C2=CCCCC2)C(=O)NC1=S.[Na+]. The summed E-state index contributed by atoms with van der Waals surface area (Å²) in [6, 6.07) is 0. The van der Waals surface area contributed by atoms with Gasteiger partial charge in [-0.3, -0.25) is 14.5 Å². The summed E-state index contributed by atoms with van der Waals surface area (Å²) >= 11 is 4.94. The fraction of sp³-hybridized carbons (Fsp3) is 0.583. The van der Waals surface area contributed by atoms with E-state index < -0.39 is 5.41 Å². The minimum atomic E-state index is -1.07. The van der Waals surface area contributed by atoms with Crippen LogP contribution in [0.1, 0.15) is 32.6 Å². The average molecular weight is 275 g/mol. The molecule has 0 aromatic heterocycles. The zero-order chi connectivity index (χ0) is 12.6. The van der Waals surface area contributed by atoms with Gasteiger partial charge in [-0.1, -0.05) is 6.08 Å². The second-order valence-electron chi connectivity index (χ2n) is 4.72. The molecule has 0 aromatic rings. The number of carbonyl (C=O) groups excluding carboxylic acids is 2. The number of amides is 2. The summed E-state index contributed by atoms with van der Waals surface area (Å²) in [4.78, 5) is 25.8. The molecule has 1 unspecified atom stereocenters. The normalized spacial score (nSPS) is 28.4. The summed E-state index contributed by atoms with van der Waals surface area (Å²) < 4.78 is 0. The monoisotopic (exact) mass is 275 g/mol. The van der Waals surface area contributed by atoms with Gasteiger partial charge >= 0.3 is 29.6 Å². The molecule has 1 fully saturated rings. The number of rotatable bonds is 1. The fourth-order valence-corrected chi connectivity index (χ4v) is 2.58. The van der Waals surface area contributed by atoms with Crippen molar-refractivity contribution < 1.29 is 39.1 Å². The van der Waals surface area contributed by atoms with Crippen molar-refractivity contribution in [2.75, 3.05) is 7.05 Å². The summed E-state index contributed by atoms with van der Waals surface area (Å²) in [5.41, 5.74) is -0.141. The molecule has 18 heavy (non-hydrogen) atoms. The summed E-state index contributed by atoms with van der Waals surface area (Å²) in [6.07, 6.45) is 5.96. The van der Waals surface area contributed by atoms with Crippen LogP contribution in [0.15, 0.2) is 11.6 Å². The van der Waals surface area contributed by atoms with Crippen molar-refractivity contribution in [2.24, 2.45) is 5.41 Å². The summed E-state index contributed by atoms with van der Waals surface area (Å²) in [5, 5.41) is 2.79. The minimum Gasteiger partial charge on any atom is -0.301 e. The summed E-state index contributed by atoms with van der Waals surface area (Å²) in [7, 11) is 1.60. The van der Waals surface area contributed by atoms with Crippen LogP contribution in [-0.4, -0.2) is 28.9 Å². The van der Waals surface area contributed by atoms with Crippen LogP contribution >= 0.6 is 12.2 Å². The van der Waals surface area contributed by atoms with Crippen molar-refractivity contribution in [2.45, 2.75) is 32.6 Å². The molecule has 2 aliphatic rings. The molecule has 0 saturated carbocycles. The molecule has 1 aliphatic carbocycles. The van der Waals surface area contributed by atoms with Crippen molar-refractivity contribution in [3.05, 3.63) is 11.6 Å². The van der Waals surface area contributed by atoms with E-state index >= 15 is 0 Å². The number of allylic oxidation sites excluding steroid dienone is 1. The Bertz CT molecular complexity index is 436. The Morgan fingerprint density at radius 2 is 2.06 bits per heavy atom. The largest absolute Gasteiger partial charge is 1.00 e. The van der Waals surface area contributed by atoms with Gasteiger partial charge in [0.05, 0.1) is 0 Å². The molecule has 2 amide bonds. The van der Waals surface area contributed by atoms with Crippen LogP contribution in [-0.2, 0) is 9.59 Å². The van der Waals surface area contributed by atoms with Gasteiger partial charge in [-0.15, -0.1) is 0 Å². The number of thiocarbonyl (C=S) groups is 1. The maximum absolute atomic E-state index is 12.3. The van der Waals surface area contributed by atoms with Gasteiger partial charge in [-0.25, -0.2) is 0 Å².